The van der Waals surface area contributed by atoms with Crippen LogP contribution in [0.4, 0.5) is 0 Å². The number of fused-ring (bicyclic) bond motifs is 1. The minimum Gasteiger partial charge on any atom is -0.454 e. The molecule has 2 aromatic carbocycles. The first-order valence-corrected chi connectivity index (χ1v) is 10.5. The van der Waals surface area contributed by atoms with Crippen LogP contribution >= 0.6 is 0 Å². The molecule has 0 unspecified atom stereocenters. The fraction of sp³-hybridized carbons (Fsp3) is 0.391. The molecular formula is C23H27N3O5. The number of aliphatic hydroxyl groups is 1. The normalized spacial score (nSPS) is 16.2. The van der Waals surface area contributed by atoms with Crippen molar-refractivity contribution in [1.29, 1.82) is 0 Å². The summed E-state index contributed by atoms with van der Waals surface area (Å²) in [4.78, 5) is 26.9. The summed E-state index contributed by atoms with van der Waals surface area (Å²) in [5.74, 6) is 0.525. The number of benzene rings is 2. The number of rotatable bonds is 7. The average Bonchev–Trinajstić information content (AvgIpc) is 3.26. The molecule has 31 heavy (non-hydrogen) atoms. The number of piperidine rings is 1. The fourth-order valence-electron chi connectivity index (χ4n) is 3.76. The maximum Gasteiger partial charge on any atom is 0.251 e. The second-order valence-electron chi connectivity index (χ2n) is 7.80. The van der Waals surface area contributed by atoms with Gasteiger partial charge in [-0.2, -0.15) is 0 Å². The highest BCUT2D eigenvalue weighted by Gasteiger charge is 2.19. The van der Waals surface area contributed by atoms with Crippen LogP contribution in [0, 0.1) is 0 Å². The van der Waals surface area contributed by atoms with Crippen LogP contribution in [0.3, 0.4) is 0 Å². The van der Waals surface area contributed by atoms with Crippen LogP contribution in [-0.2, 0) is 17.9 Å². The summed E-state index contributed by atoms with van der Waals surface area (Å²) in [6, 6.07) is 12.9. The highest BCUT2D eigenvalue weighted by molar-refractivity contribution is 5.97. The highest BCUT2D eigenvalue weighted by atomic mass is 16.7. The molecule has 2 aliphatic heterocycles. The maximum atomic E-state index is 12.3. The van der Waals surface area contributed by atoms with Gasteiger partial charge in [0.05, 0.1) is 12.6 Å². The molecule has 2 heterocycles. The van der Waals surface area contributed by atoms with Crippen LogP contribution in [0.25, 0.3) is 0 Å². The maximum absolute atomic E-state index is 12.3. The Hall–Kier alpha value is -3.10. The summed E-state index contributed by atoms with van der Waals surface area (Å²) in [6.45, 7) is 2.95. The van der Waals surface area contributed by atoms with Crippen molar-refractivity contribution in [3.05, 3.63) is 59.2 Å². The smallest absolute Gasteiger partial charge is 0.251 e. The van der Waals surface area contributed by atoms with E-state index >= 15 is 0 Å². The molecule has 0 aromatic heterocycles. The number of carbonyl (C=O) groups is 2. The topological polar surface area (TPSA) is 100 Å². The molecule has 0 aliphatic carbocycles. The van der Waals surface area contributed by atoms with Crippen molar-refractivity contribution in [3.63, 3.8) is 0 Å². The van der Waals surface area contributed by atoms with Gasteiger partial charge in [-0.1, -0.05) is 24.3 Å². The number of nitrogens with zero attached hydrogens (tertiary/aromatic N) is 1. The molecule has 8 heteroatoms. The summed E-state index contributed by atoms with van der Waals surface area (Å²) in [5.41, 5.74) is 2.61. The number of hydrogen-bond donors (Lipinski definition) is 3. The summed E-state index contributed by atoms with van der Waals surface area (Å²) in [6.07, 6.45) is 1.39. The van der Waals surface area contributed by atoms with Crippen molar-refractivity contribution >= 4 is 11.8 Å². The largest absolute Gasteiger partial charge is 0.454 e. The van der Waals surface area contributed by atoms with E-state index in [0.717, 1.165) is 43.6 Å². The number of hydrogen-bond acceptors (Lipinski definition) is 6. The summed E-state index contributed by atoms with van der Waals surface area (Å²) in [5, 5.41) is 15.2. The molecule has 1 fully saturated rings. The number of aliphatic hydroxyl groups excluding tert-OH is 1. The van der Waals surface area contributed by atoms with Gasteiger partial charge in [-0.3, -0.25) is 14.5 Å². The molecule has 4 rings (SSSR count). The van der Waals surface area contributed by atoms with Crippen LogP contribution in [0.5, 0.6) is 11.5 Å². The number of carbonyl (C=O) groups excluding carboxylic acids is 2. The van der Waals surface area contributed by atoms with E-state index in [0.29, 0.717) is 23.6 Å². The van der Waals surface area contributed by atoms with Gasteiger partial charge >= 0.3 is 0 Å². The molecule has 0 saturated carbocycles. The lowest BCUT2D eigenvalue weighted by atomic mass is 10.0. The Morgan fingerprint density at radius 1 is 1.00 bits per heavy atom. The van der Waals surface area contributed by atoms with Crippen molar-refractivity contribution in [2.24, 2.45) is 0 Å². The lowest BCUT2D eigenvalue weighted by Gasteiger charge is -2.30. The van der Waals surface area contributed by atoms with Gasteiger partial charge < -0.3 is 25.2 Å². The molecule has 8 nitrogen and oxygen atoms in total. The molecule has 164 valence electrons. The molecular weight excluding hydrogens is 398 g/mol. The van der Waals surface area contributed by atoms with Crippen LogP contribution < -0.4 is 20.1 Å². The van der Waals surface area contributed by atoms with E-state index in [1.165, 1.54) is 0 Å². The molecule has 2 amide bonds. The average molecular weight is 425 g/mol. The Balaban J connectivity index is 1.26. The second-order valence-corrected chi connectivity index (χ2v) is 7.80. The lowest BCUT2D eigenvalue weighted by Crippen LogP contribution is -2.37. The van der Waals surface area contributed by atoms with Gasteiger partial charge in [0.2, 0.25) is 12.7 Å². The first kappa shape index (κ1) is 21.1. The van der Waals surface area contributed by atoms with Gasteiger partial charge in [-0.05, 0) is 42.2 Å². The molecule has 0 atom stereocenters. The Morgan fingerprint density at radius 2 is 1.74 bits per heavy atom. The summed E-state index contributed by atoms with van der Waals surface area (Å²) < 4.78 is 10.5. The standard InChI is InChI=1S/C23H27N3O5/c27-19-7-9-26(10-8-19)14-18-4-2-1-3-17(18)12-24-22(28)13-25-23(29)16-5-6-20-21(11-16)31-15-30-20/h1-6,11,19,27H,7-10,12-15H2,(H,24,28)(H,25,29). The van der Waals surface area contributed by atoms with Gasteiger partial charge in [-0.15, -0.1) is 0 Å². The molecule has 0 bridgehead atoms. The van der Waals surface area contributed by atoms with Crippen LogP contribution in [0.15, 0.2) is 42.5 Å². The zero-order valence-corrected chi connectivity index (χ0v) is 17.3. The van der Waals surface area contributed by atoms with Crippen molar-refractivity contribution in [2.75, 3.05) is 26.4 Å². The zero-order valence-electron chi connectivity index (χ0n) is 17.3. The molecule has 3 N–H and O–H groups in total. The number of likely N-dealkylation sites (tertiary alicyclic amines) is 1. The van der Waals surface area contributed by atoms with Crippen molar-refractivity contribution in [3.8, 4) is 11.5 Å². The fourth-order valence-corrected chi connectivity index (χ4v) is 3.76. The molecule has 1 saturated heterocycles. The van der Waals surface area contributed by atoms with Gasteiger partial charge in [0, 0.05) is 31.7 Å². The molecule has 2 aromatic rings. The molecule has 2 aliphatic rings. The van der Waals surface area contributed by atoms with E-state index in [1.54, 1.807) is 18.2 Å². The quantitative estimate of drug-likeness (QED) is 0.621. The predicted octanol–water partition coefficient (Wildman–Crippen LogP) is 1.42. The Bertz CT molecular complexity index is 941. The van der Waals surface area contributed by atoms with Crippen molar-refractivity contribution in [1.82, 2.24) is 15.5 Å². The van der Waals surface area contributed by atoms with E-state index in [9.17, 15) is 14.7 Å². The molecule has 0 radical (unpaired) electrons. The van der Waals surface area contributed by atoms with Gasteiger partial charge in [-0.25, -0.2) is 0 Å². The second kappa shape index (κ2) is 9.80. The third kappa shape index (κ3) is 5.53. The highest BCUT2D eigenvalue weighted by Crippen LogP contribution is 2.32. The monoisotopic (exact) mass is 425 g/mol. The summed E-state index contributed by atoms with van der Waals surface area (Å²) >= 11 is 0. The van der Waals surface area contributed by atoms with Gasteiger partial charge in [0.15, 0.2) is 11.5 Å². The third-order valence-electron chi connectivity index (χ3n) is 5.59. The first-order valence-electron chi connectivity index (χ1n) is 10.5. The van der Waals surface area contributed by atoms with Crippen molar-refractivity contribution < 1.29 is 24.2 Å². The number of ether oxygens (including phenoxy) is 2. The van der Waals surface area contributed by atoms with E-state index in [2.05, 4.69) is 21.6 Å². The van der Waals surface area contributed by atoms with Gasteiger partial charge in [0.1, 0.15) is 0 Å². The zero-order chi connectivity index (χ0) is 21.6. The van der Waals surface area contributed by atoms with Crippen LogP contribution in [0.1, 0.15) is 34.3 Å². The first-order chi connectivity index (χ1) is 15.1. The van der Waals surface area contributed by atoms with E-state index in [1.807, 2.05) is 18.2 Å². The minimum absolute atomic E-state index is 0.112. The number of nitrogens with one attached hydrogen (secondary N) is 2. The lowest BCUT2D eigenvalue weighted by molar-refractivity contribution is -0.120. The van der Waals surface area contributed by atoms with E-state index in [-0.39, 0.29) is 31.3 Å². The van der Waals surface area contributed by atoms with Gasteiger partial charge in [0.25, 0.3) is 5.91 Å². The van der Waals surface area contributed by atoms with Crippen molar-refractivity contribution in [2.45, 2.75) is 32.0 Å². The SMILES string of the molecule is O=C(CNC(=O)c1ccc2c(c1)OCO2)NCc1ccccc1CN1CCC(O)CC1. The molecule has 0 spiro atoms. The Labute approximate surface area is 181 Å². The Kier molecular flexibility index (Phi) is 6.69. The minimum atomic E-state index is -0.346. The van der Waals surface area contributed by atoms with Crippen LogP contribution in [-0.4, -0.2) is 54.4 Å². The van der Waals surface area contributed by atoms with Crippen LogP contribution in [0.2, 0.25) is 0 Å². The third-order valence-corrected chi connectivity index (χ3v) is 5.59. The predicted molar refractivity (Wildman–Crippen MR) is 114 cm³/mol. The number of amides is 2. The van der Waals surface area contributed by atoms with E-state index < -0.39 is 0 Å². The van der Waals surface area contributed by atoms with E-state index in [4.69, 9.17) is 9.47 Å². The Morgan fingerprint density at radius 3 is 2.55 bits per heavy atom. The summed E-state index contributed by atoms with van der Waals surface area (Å²) in [7, 11) is 0.